The molecule has 1 aliphatic rings. The van der Waals surface area contributed by atoms with Crippen LogP contribution in [-0.2, 0) is 9.22 Å². The molecule has 3 nitrogen and oxygen atoms in total. The van der Waals surface area contributed by atoms with Gasteiger partial charge in [0, 0.05) is 0 Å². The zero-order valence-electron chi connectivity index (χ0n) is 22.1. The van der Waals surface area contributed by atoms with Gasteiger partial charge in [0.25, 0.3) is 0 Å². The molecular weight excluding hydrogens is 610 g/mol. The number of rotatable bonds is 24. The van der Waals surface area contributed by atoms with Crippen LogP contribution < -0.4 is 0 Å². The molecule has 1 saturated heterocycles. The van der Waals surface area contributed by atoms with Crippen molar-refractivity contribution in [3.8, 4) is 0 Å². The van der Waals surface area contributed by atoms with Crippen LogP contribution >= 0.6 is 0 Å². The van der Waals surface area contributed by atoms with Gasteiger partial charge in [-0.1, -0.05) is 13.8 Å². The second-order valence-corrected chi connectivity index (χ2v) is 44.4. The first-order valence-corrected chi connectivity index (χ1v) is 35.8. The molecule has 0 aromatic heterocycles. The number of unbranched alkanes of at least 4 members (excludes halogenated alkanes) is 18. The summed E-state index contributed by atoms with van der Waals surface area (Å²) in [7, 11) is 0. The molecule has 0 N–H and O–H groups in total. The van der Waals surface area contributed by atoms with Crippen molar-refractivity contribution in [2.24, 2.45) is 0 Å². The molecular formula is C27H58O3Sn2. The molecule has 0 spiro atoms. The Hall–Kier alpha value is 1.48. The van der Waals surface area contributed by atoms with Gasteiger partial charge >= 0.3 is 201 Å². The molecule has 0 radical (unpaired) electrons. The van der Waals surface area contributed by atoms with Crippen LogP contribution in [-0.4, -0.2) is 52.7 Å². The van der Waals surface area contributed by atoms with Gasteiger partial charge in [0.15, 0.2) is 0 Å². The monoisotopic (exact) mass is 670 g/mol. The van der Waals surface area contributed by atoms with Crippen LogP contribution in [0, 0.1) is 0 Å². The molecule has 0 amide bonds. The quantitative estimate of drug-likeness (QED) is 0.0766. The maximum absolute atomic E-state index is 6.47. The average molecular weight is 668 g/mol. The van der Waals surface area contributed by atoms with E-state index in [0.717, 1.165) is 19.8 Å². The molecule has 1 fully saturated rings. The van der Waals surface area contributed by atoms with Gasteiger partial charge < -0.3 is 0 Å². The minimum Gasteiger partial charge on any atom is -0.0654 e. The third-order valence-electron chi connectivity index (χ3n) is 6.83. The van der Waals surface area contributed by atoms with E-state index in [0.29, 0.717) is 0 Å². The van der Waals surface area contributed by atoms with Crippen LogP contribution in [0.2, 0.25) is 4.44 Å². The summed E-state index contributed by atoms with van der Waals surface area (Å²) in [4.78, 5) is 0. The first-order valence-electron chi connectivity index (χ1n) is 14.7. The van der Waals surface area contributed by atoms with Crippen LogP contribution in [0.1, 0.15) is 149 Å². The van der Waals surface area contributed by atoms with Crippen molar-refractivity contribution < 1.29 is 9.22 Å². The minimum atomic E-state index is -2.18. The van der Waals surface area contributed by atoms with Gasteiger partial charge in [0.05, 0.1) is 0 Å². The molecule has 1 rings (SSSR count). The summed E-state index contributed by atoms with van der Waals surface area (Å²) < 4.78 is 20.4. The molecule has 0 saturated carbocycles. The smallest absolute Gasteiger partial charge is 0.0654 e. The zero-order chi connectivity index (χ0) is 23.0. The standard InChI is InChI=1S/2C12H25O.C3H6O.2Sn.2H/c2*1-2-3-4-5-6-7-8-9-10-11-12-13;1-2-3-4;;;;/h2*2-12H2,1H3;1-3H2;;;;/q3*-1;+1;+2;;. The third-order valence-corrected chi connectivity index (χ3v) is 45.5. The van der Waals surface area contributed by atoms with E-state index >= 15 is 0 Å². The molecule has 32 heavy (non-hydrogen) atoms. The van der Waals surface area contributed by atoms with Crippen molar-refractivity contribution in [1.82, 2.24) is 0 Å². The Balaban J connectivity index is 1.92. The van der Waals surface area contributed by atoms with Crippen molar-refractivity contribution in [3.05, 3.63) is 0 Å². The van der Waals surface area contributed by atoms with Crippen molar-refractivity contribution in [3.63, 3.8) is 0 Å². The summed E-state index contributed by atoms with van der Waals surface area (Å²) in [5.41, 5.74) is 0. The Labute approximate surface area is 213 Å². The van der Waals surface area contributed by atoms with E-state index < -0.39 is 32.9 Å². The molecule has 2 unspecified atom stereocenters. The van der Waals surface area contributed by atoms with Crippen LogP contribution in [0.4, 0.5) is 0 Å². The van der Waals surface area contributed by atoms with Crippen LogP contribution in [0.15, 0.2) is 0 Å². The van der Waals surface area contributed by atoms with Crippen LogP contribution in [0.3, 0.4) is 0 Å². The summed E-state index contributed by atoms with van der Waals surface area (Å²) >= 11 is -4.09. The molecule has 0 aromatic carbocycles. The van der Waals surface area contributed by atoms with E-state index in [1.54, 1.807) is 0 Å². The van der Waals surface area contributed by atoms with Gasteiger partial charge in [-0.3, -0.25) is 0 Å². The SMILES string of the molecule is CCCCCCCCCCCC[O][SnH]1[CH2]CC[O][SnH]1[O]CCCCCCCCCCCC. The average Bonchev–Trinajstić information content (AvgIpc) is 2.81. The first-order chi connectivity index (χ1) is 15.9. The van der Waals surface area contributed by atoms with Gasteiger partial charge in [-0.15, -0.1) is 0 Å². The molecule has 1 aliphatic heterocycles. The Morgan fingerprint density at radius 2 is 0.938 bits per heavy atom. The van der Waals surface area contributed by atoms with E-state index in [9.17, 15) is 0 Å². The topological polar surface area (TPSA) is 27.7 Å². The maximum atomic E-state index is 6.47. The normalized spacial score (nSPS) is 18.9. The van der Waals surface area contributed by atoms with Crippen molar-refractivity contribution in [1.29, 1.82) is 0 Å². The van der Waals surface area contributed by atoms with E-state index in [4.69, 9.17) is 9.22 Å². The zero-order valence-corrected chi connectivity index (χ0v) is 28.6. The summed E-state index contributed by atoms with van der Waals surface area (Å²) in [6.07, 6.45) is 29.1. The second kappa shape index (κ2) is 25.6. The number of hydrogen-bond acceptors (Lipinski definition) is 3. The van der Waals surface area contributed by atoms with E-state index in [1.807, 2.05) is 0 Å². The third kappa shape index (κ3) is 19.7. The number of hydrogen-bond donors (Lipinski definition) is 0. The Morgan fingerprint density at radius 1 is 0.531 bits per heavy atom. The summed E-state index contributed by atoms with van der Waals surface area (Å²) in [5.74, 6) is 0. The molecule has 0 aliphatic carbocycles. The predicted octanol–water partition coefficient (Wildman–Crippen LogP) is 8.30. The van der Waals surface area contributed by atoms with Gasteiger partial charge in [-0.2, -0.15) is 0 Å². The van der Waals surface area contributed by atoms with E-state index in [-0.39, 0.29) is 0 Å². The Morgan fingerprint density at radius 3 is 1.41 bits per heavy atom. The first kappa shape index (κ1) is 31.5. The van der Waals surface area contributed by atoms with Crippen molar-refractivity contribution in [2.75, 3.05) is 19.8 Å². The van der Waals surface area contributed by atoms with Gasteiger partial charge in [0.2, 0.25) is 0 Å². The van der Waals surface area contributed by atoms with E-state index in [2.05, 4.69) is 13.8 Å². The fraction of sp³-hybridized carbons (Fsp3) is 1.00. The Bertz CT molecular complexity index is 337. The summed E-state index contributed by atoms with van der Waals surface area (Å²) in [5, 5.41) is 0. The molecule has 1 heterocycles. The van der Waals surface area contributed by atoms with Crippen molar-refractivity contribution >= 4 is 32.9 Å². The molecule has 0 aromatic rings. The van der Waals surface area contributed by atoms with Crippen molar-refractivity contribution in [2.45, 2.75) is 153 Å². The summed E-state index contributed by atoms with van der Waals surface area (Å²) in [6.45, 7) is 7.53. The molecule has 5 heteroatoms. The molecule has 192 valence electrons. The fourth-order valence-electron chi connectivity index (χ4n) is 4.66. The van der Waals surface area contributed by atoms with Crippen LogP contribution in [0.5, 0.6) is 0 Å². The second-order valence-electron chi connectivity index (χ2n) is 10.0. The van der Waals surface area contributed by atoms with Gasteiger partial charge in [-0.05, 0) is 0 Å². The van der Waals surface area contributed by atoms with E-state index in [1.165, 1.54) is 139 Å². The predicted molar refractivity (Wildman–Crippen MR) is 145 cm³/mol. The Kier molecular flexibility index (Phi) is 25.2. The van der Waals surface area contributed by atoms with Gasteiger partial charge in [-0.25, -0.2) is 0 Å². The molecule has 0 bridgehead atoms. The minimum absolute atomic E-state index is 0.965. The summed E-state index contributed by atoms with van der Waals surface area (Å²) in [6, 6.07) is 0. The van der Waals surface area contributed by atoms with Crippen LogP contribution in [0.25, 0.3) is 0 Å². The van der Waals surface area contributed by atoms with Gasteiger partial charge in [0.1, 0.15) is 0 Å². The fourth-order valence-corrected chi connectivity index (χ4v) is 41.9. The molecule has 2 atom stereocenters.